The lowest BCUT2D eigenvalue weighted by Crippen LogP contribution is -2.27. The fourth-order valence-electron chi connectivity index (χ4n) is 1.58. The van der Waals surface area contributed by atoms with E-state index >= 15 is 0 Å². The van der Waals surface area contributed by atoms with Crippen LogP contribution in [0.2, 0.25) is 0 Å². The van der Waals surface area contributed by atoms with Crippen LogP contribution >= 0.6 is 10.7 Å². The van der Waals surface area contributed by atoms with Gasteiger partial charge in [0, 0.05) is 29.9 Å². The first kappa shape index (κ1) is 15.9. The van der Waals surface area contributed by atoms with Gasteiger partial charge in [-0.25, -0.2) is 8.42 Å². The lowest BCUT2D eigenvalue weighted by molar-refractivity contribution is 0.0937. The number of carbonyl (C=O) groups is 1. The lowest BCUT2D eigenvalue weighted by atomic mass is 10.1. The van der Waals surface area contributed by atoms with Gasteiger partial charge >= 0.3 is 0 Å². The minimum absolute atomic E-state index is 0.0361. The van der Waals surface area contributed by atoms with Gasteiger partial charge in [-0.1, -0.05) is 0 Å². The van der Waals surface area contributed by atoms with Gasteiger partial charge in [0.2, 0.25) is 0 Å². The van der Waals surface area contributed by atoms with Gasteiger partial charge < -0.3 is 10.1 Å². The summed E-state index contributed by atoms with van der Waals surface area (Å²) in [6, 6.07) is 2.91. The number of hydrogen-bond donors (Lipinski definition) is 1. The second kappa shape index (κ2) is 6.36. The highest BCUT2D eigenvalue weighted by Crippen LogP contribution is 2.24. The number of aryl methyl sites for hydroxylation is 1. The standard InChI is InChI=1S/C12H16ClNO4S/c1-8-6-10(12(15)14-4-5-18-3)7-11(9(8)2)19(13,16)17/h6-7H,4-5H2,1-3H3,(H,14,15). The molecule has 0 spiro atoms. The predicted molar refractivity (Wildman–Crippen MR) is 73.2 cm³/mol. The van der Waals surface area contributed by atoms with Crippen molar-refractivity contribution >= 4 is 25.6 Å². The molecule has 0 saturated carbocycles. The minimum atomic E-state index is -3.87. The van der Waals surface area contributed by atoms with Crippen molar-refractivity contribution in [2.45, 2.75) is 18.7 Å². The molecule has 0 aromatic heterocycles. The van der Waals surface area contributed by atoms with Crippen molar-refractivity contribution in [2.75, 3.05) is 20.3 Å². The molecule has 0 saturated heterocycles. The molecule has 0 aliphatic rings. The molecule has 1 aromatic rings. The summed E-state index contributed by atoms with van der Waals surface area (Å²) in [5.74, 6) is -0.360. The Labute approximate surface area is 117 Å². The largest absolute Gasteiger partial charge is 0.383 e. The van der Waals surface area contributed by atoms with Crippen molar-refractivity contribution in [3.8, 4) is 0 Å². The number of benzene rings is 1. The zero-order chi connectivity index (χ0) is 14.6. The van der Waals surface area contributed by atoms with Gasteiger partial charge in [0.15, 0.2) is 0 Å². The van der Waals surface area contributed by atoms with Crippen LogP contribution in [0.15, 0.2) is 17.0 Å². The van der Waals surface area contributed by atoms with E-state index in [0.717, 1.165) is 0 Å². The van der Waals surface area contributed by atoms with Gasteiger partial charge in [0.1, 0.15) is 0 Å². The average molecular weight is 306 g/mol. The Balaban J connectivity index is 3.11. The predicted octanol–water partition coefficient (Wildman–Crippen LogP) is 1.61. The molecule has 0 heterocycles. The average Bonchev–Trinajstić information content (AvgIpc) is 2.31. The van der Waals surface area contributed by atoms with E-state index in [1.807, 2.05) is 0 Å². The molecule has 0 fully saturated rings. The molecule has 0 radical (unpaired) electrons. The Morgan fingerprint density at radius 1 is 1.37 bits per heavy atom. The summed E-state index contributed by atoms with van der Waals surface area (Å²) in [5.41, 5.74) is 1.50. The summed E-state index contributed by atoms with van der Waals surface area (Å²) in [5, 5.41) is 2.62. The van der Waals surface area contributed by atoms with E-state index in [4.69, 9.17) is 15.4 Å². The fourth-order valence-corrected chi connectivity index (χ4v) is 2.86. The maximum atomic E-state index is 11.9. The maximum Gasteiger partial charge on any atom is 0.261 e. The highest BCUT2D eigenvalue weighted by atomic mass is 35.7. The second-order valence-corrected chi connectivity index (χ2v) is 6.64. The summed E-state index contributed by atoms with van der Waals surface area (Å²) >= 11 is 0. The van der Waals surface area contributed by atoms with E-state index < -0.39 is 9.05 Å². The van der Waals surface area contributed by atoms with E-state index in [1.54, 1.807) is 19.9 Å². The van der Waals surface area contributed by atoms with E-state index in [-0.39, 0.29) is 16.4 Å². The maximum absolute atomic E-state index is 11.9. The molecular formula is C12H16ClNO4S. The van der Waals surface area contributed by atoms with E-state index in [2.05, 4.69) is 5.32 Å². The highest BCUT2D eigenvalue weighted by molar-refractivity contribution is 8.13. The molecule has 1 aromatic carbocycles. The van der Waals surface area contributed by atoms with Gasteiger partial charge in [-0.15, -0.1) is 0 Å². The molecule has 0 atom stereocenters. The SMILES string of the molecule is COCCNC(=O)c1cc(C)c(C)c(S(=O)(=O)Cl)c1. The van der Waals surface area contributed by atoms with Crippen molar-refractivity contribution in [2.24, 2.45) is 0 Å². The third-order valence-electron chi connectivity index (χ3n) is 2.74. The van der Waals surface area contributed by atoms with Gasteiger partial charge in [-0.2, -0.15) is 0 Å². The molecular weight excluding hydrogens is 290 g/mol. The van der Waals surface area contributed by atoms with Crippen molar-refractivity contribution in [3.05, 3.63) is 28.8 Å². The molecule has 0 unspecified atom stereocenters. The van der Waals surface area contributed by atoms with Crippen LogP contribution in [0, 0.1) is 13.8 Å². The molecule has 1 N–H and O–H groups in total. The molecule has 106 valence electrons. The topological polar surface area (TPSA) is 72.5 Å². The van der Waals surface area contributed by atoms with Crippen LogP contribution in [0.4, 0.5) is 0 Å². The second-order valence-electron chi connectivity index (χ2n) is 4.10. The third-order valence-corrected chi connectivity index (χ3v) is 4.18. The first-order valence-electron chi connectivity index (χ1n) is 5.60. The van der Waals surface area contributed by atoms with Crippen LogP contribution in [0.5, 0.6) is 0 Å². The summed E-state index contributed by atoms with van der Waals surface area (Å²) in [4.78, 5) is 11.8. The number of ether oxygens (including phenoxy) is 1. The van der Waals surface area contributed by atoms with Crippen LogP contribution in [-0.4, -0.2) is 34.6 Å². The van der Waals surface area contributed by atoms with Crippen LogP contribution < -0.4 is 5.32 Å². The Morgan fingerprint density at radius 2 is 2.00 bits per heavy atom. The Morgan fingerprint density at radius 3 is 2.53 bits per heavy atom. The summed E-state index contributed by atoms with van der Waals surface area (Å²) in [6.07, 6.45) is 0. The molecule has 1 amide bonds. The van der Waals surface area contributed by atoms with Gasteiger partial charge in [0.05, 0.1) is 11.5 Å². The Hall–Kier alpha value is -1.11. The van der Waals surface area contributed by atoms with Crippen LogP contribution in [0.1, 0.15) is 21.5 Å². The number of amides is 1. The van der Waals surface area contributed by atoms with E-state index in [1.165, 1.54) is 13.2 Å². The molecule has 0 aliphatic carbocycles. The quantitative estimate of drug-likeness (QED) is 0.662. The van der Waals surface area contributed by atoms with E-state index in [0.29, 0.717) is 24.3 Å². The smallest absolute Gasteiger partial charge is 0.261 e. The highest BCUT2D eigenvalue weighted by Gasteiger charge is 2.18. The monoisotopic (exact) mass is 305 g/mol. The summed E-state index contributed by atoms with van der Waals surface area (Å²) < 4.78 is 27.7. The number of hydrogen-bond acceptors (Lipinski definition) is 4. The molecule has 0 aliphatic heterocycles. The number of halogens is 1. The zero-order valence-corrected chi connectivity index (χ0v) is 12.6. The van der Waals surface area contributed by atoms with Crippen LogP contribution in [0.3, 0.4) is 0 Å². The molecule has 1 rings (SSSR count). The van der Waals surface area contributed by atoms with Crippen molar-refractivity contribution in [1.82, 2.24) is 5.32 Å². The van der Waals surface area contributed by atoms with Crippen LogP contribution in [-0.2, 0) is 13.8 Å². The Bertz CT molecular complexity index is 584. The summed E-state index contributed by atoms with van der Waals surface area (Å²) in [7, 11) is 3.02. The fraction of sp³-hybridized carbons (Fsp3) is 0.417. The number of rotatable bonds is 5. The van der Waals surface area contributed by atoms with Gasteiger partial charge in [-0.05, 0) is 37.1 Å². The van der Waals surface area contributed by atoms with Gasteiger partial charge in [-0.3, -0.25) is 4.79 Å². The lowest BCUT2D eigenvalue weighted by Gasteiger charge is -2.10. The van der Waals surface area contributed by atoms with Crippen LogP contribution in [0.25, 0.3) is 0 Å². The van der Waals surface area contributed by atoms with E-state index in [9.17, 15) is 13.2 Å². The first-order chi connectivity index (χ1) is 8.77. The Kier molecular flexibility index (Phi) is 5.34. The molecule has 0 bridgehead atoms. The minimum Gasteiger partial charge on any atom is -0.383 e. The normalized spacial score (nSPS) is 11.4. The third kappa shape index (κ3) is 4.19. The van der Waals surface area contributed by atoms with Crippen molar-refractivity contribution < 1.29 is 17.9 Å². The summed E-state index contributed by atoms with van der Waals surface area (Å²) in [6.45, 7) is 4.12. The molecule has 19 heavy (non-hydrogen) atoms. The first-order valence-corrected chi connectivity index (χ1v) is 7.91. The molecule has 5 nitrogen and oxygen atoms in total. The van der Waals surface area contributed by atoms with Crippen molar-refractivity contribution in [1.29, 1.82) is 0 Å². The number of nitrogens with one attached hydrogen (secondary N) is 1. The number of carbonyl (C=O) groups excluding carboxylic acids is 1. The molecule has 7 heteroatoms. The zero-order valence-electron chi connectivity index (χ0n) is 11.0. The van der Waals surface area contributed by atoms with Crippen molar-refractivity contribution in [3.63, 3.8) is 0 Å². The number of methoxy groups -OCH3 is 1. The van der Waals surface area contributed by atoms with Gasteiger partial charge in [0.25, 0.3) is 15.0 Å².